The van der Waals surface area contributed by atoms with Gasteiger partial charge in [0.2, 0.25) is 0 Å². The molecule has 0 spiro atoms. The monoisotopic (exact) mass is 290 g/mol. The molecule has 0 aliphatic heterocycles. The molecule has 0 radical (unpaired) electrons. The van der Waals surface area contributed by atoms with Crippen LogP contribution in [0.25, 0.3) is 22.6 Å². The van der Waals surface area contributed by atoms with Gasteiger partial charge in [0.15, 0.2) is 5.65 Å². The van der Waals surface area contributed by atoms with Crippen LogP contribution in [0.2, 0.25) is 5.02 Å². The fraction of sp³-hybridized carbons (Fsp3) is 0.154. The second-order valence-electron chi connectivity index (χ2n) is 4.50. The van der Waals surface area contributed by atoms with E-state index < -0.39 is 11.2 Å². The highest BCUT2D eigenvalue weighted by atomic mass is 35.5. The minimum Gasteiger partial charge on any atom is -0.332 e. The van der Waals surface area contributed by atoms with Crippen LogP contribution < -0.4 is 11.2 Å². The molecule has 2 aromatic heterocycles. The Labute approximate surface area is 118 Å². The molecule has 1 aromatic carbocycles. The molecule has 0 saturated carbocycles. The van der Waals surface area contributed by atoms with Gasteiger partial charge in [-0.1, -0.05) is 23.7 Å². The average molecular weight is 291 g/mol. The number of halogens is 1. The third kappa shape index (κ3) is 1.77. The van der Waals surface area contributed by atoms with Gasteiger partial charge in [0.05, 0.1) is 0 Å². The Balaban J connectivity index is 2.37. The molecule has 3 aromatic rings. The van der Waals surface area contributed by atoms with Crippen LogP contribution in [0.5, 0.6) is 0 Å². The van der Waals surface area contributed by atoms with E-state index in [1.807, 2.05) is 6.07 Å². The van der Waals surface area contributed by atoms with E-state index in [-0.39, 0.29) is 0 Å². The van der Waals surface area contributed by atoms with Crippen LogP contribution in [0.3, 0.4) is 0 Å². The summed E-state index contributed by atoms with van der Waals surface area (Å²) in [5.41, 5.74) is 0.566. The van der Waals surface area contributed by atoms with Crippen LogP contribution in [0.4, 0.5) is 0 Å². The van der Waals surface area contributed by atoms with E-state index in [0.29, 0.717) is 22.0 Å². The Morgan fingerprint density at radius 1 is 1.20 bits per heavy atom. The van der Waals surface area contributed by atoms with Crippen molar-refractivity contribution in [2.24, 2.45) is 14.1 Å². The van der Waals surface area contributed by atoms with Gasteiger partial charge >= 0.3 is 5.69 Å². The second kappa shape index (κ2) is 4.35. The Hall–Kier alpha value is -2.34. The van der Waals surface area contributed by atoms with Crippen molar-refractivity contribution in [3.63, 3.8) is 0 Å². The lowest BCUT2D eigenvalue weighted by Gasteiger charge is -2.00. The Morgan fingerprint density at radius 2 is 1.95 bits per heavy atom. The highest BCUT2D eigenvalue weighted by Crippen LogP contribution is 2.21. The smallest absolute Gasteiger partial charge is 0.332 e. The van der Waals surface area contributed by atoms with Crippen LogP contribution >= 0.6 is 11.6 Å². The van der Waals surface area contributed by atoms with Gasteiger partial charge in [0.1, 0.15) is 11.3 Å². The van der Waals surface area contributed by atoms with Crippen LogP contribution in [-0.4, -0.2) is 19.1 Å². The van der Waals surface area contributed by atoms with E-state index in [4.69, 9.17) is 11.6 Å². The summed E-state index contributed by atoms with van der Waals surface area (Å²) in [5, 5.41) is 0.574. The van der Waals surface area contributed by atoms with Crippen molar-refractivity contribution in [2.45, 2.75) is 0 Å². The first-order valence-corrected chi connectivity index (χ1v) is 6.28. The second-order valence-corrected chi connectivity index (χ2v) is 4.94. The number of hydrogen-bond donors (Lipinski definition) is 1. The summed E-state index contributed by atoms with van der Waals surface area (Å²) in [6, 6.07) is 7.11. The van der Waals surface area contributed by atoms with Gasteiger partial charge in [-0.25, -0.2) is 9.78 Å². The lowest BCUT2D eigenvalue weighted by molar-refractivity contribution is 0.709. The summed E-state index contributed by atoms with van der Waals surface area (Å²) < 4.78 is 2.38. The van der Waals surface area contributed by atoms with Gasteiger partial charge in [0, 0.05) is 24.7 Å². The SMILES string of the molecule is Cn1c(=O)c2[nH]c(-c3cccc(Cl)c3)nc2n(C)c1=O. The number of rotatable bonds is 1. The largest absolute Gasteiger partial charge is 0.332 e. The number of aryl methyl sites for hydroxylation is 1. The van der Waals surface area contributed by atoms with E-state index >= 15 is 0 Å². The molecule has 7 heteroatoms. The number of nitrogens with zero attached hydrogens (tertiary/aromatic N) is 3. The van der Waals surface area contributed by atoms with Crippen molar-refractivity contribution < 1.29 is 0 Å². The van der Waals surface area contributed by atoms with Gasteiger partial charge in [-0.2, -0.15) is 0 Å². The molecule has 1 N–H and O–H groups in total. The summed E-state index contributed by atoms with van der Waals surface area (Å²) in [6.07, 6.45) is 0. The van der Waals surface area contributed by atoms with E-state index in [1.165, 1.54) is 11.6 Å². The van der Waals surface area contributed by atoms with Crippen LogP contribution in [0.15, 0.2) is 33.9 Å². The van der Waals surface area contributed by atoms with Crippen LogP contribution in [0, 0.1) is 0 Å². The third-order valence-corrected chi connectivity index (χ3v) is 3.43. The fourth-order valence-corrected chi connectivity index (χ4v) is 2.29. The maximum atomic E-state index is 12.1. The molecule has 0 aliphatic rings. The third-order valence-electron chi connectivity index (χ3n) is 3.19. The normalized spacial score (nSPS) is 11.2. The van der Waals surface area contributed by atoms with E-state index in [1.54, 1.807) is 25.2 Å². The average Bonchev–Trinajstić information content (AvgIpc) is 2.88. The van der Waals surface area contributed by atoms with E-state index in [9.17, 15) is 9.59 Å². The number of aromatic amines is 1. The first-order chi connectivity index (χ1) is 9.49. The molecule has 0 fully saturated rings. The quantitative estimate of drug-likeness (QED) is 0.734. The standard InChI is InChI=1S/C13H11ClN4O2/c1-17-11-9(12(19)18(2)13(17)20)15-10(16-11)7-4-3-5-8(14)6-7/h3-6H,1-2H3,(H,15,16). The van der Waals surface area contributed by atoms with Gasteiger partial charge in [-0.15, -0.1) is 0 Å². The molecule has 0 amide bonds. The topological polar surface area (TPSA) is 72.7 Å². The summed E-state index contributed by atoms with van der Waals surface area (Å²) in [7, 11) is 3.01. The molecule has 6 nitrogen and oxygen atoms in total. The van der Waals surface area contributed by atoms with Crippen molar-refractivity contribution >= 4 is 22.8 Å². The zero-order chi connectivity index (χ0) is 14.4. The number of aromatic nitrogens is 4. The fourth-order valence-electron chi connectivity index (χ4n) is 2.10. The molecule has 2 heterocycles. The van der Waals surface area contributed by atoms with Gasteiger partial charge < -0.3 is 4.98 Å². The number of fused-ring (bicyclic) bond motifs is 1. The molecule has 3 rings (SSSR count). The lowest BCUT2D eigenvalue weighted by Crippen LogP contribution is -2.36. The predicted molar refractivity (Wildman–Crippen MR) is 77.0 cm³/mol. The zero-order valence-electron chi connectivity index (χ0n) is 10.8. The molecule has 0 bridgehead atoms. The van der Waals surface area contributed by atoms with Crippen molar-refractivity contribution in [3.8, 4) is 11.4 Å². The van der Waals surface area contributed by atoms with Crippen molar-refractivity contribution in [2.75, 3.05) is 0 Å². The number of H-pyrrole nitrogens is 1. The zero-order valence-corrected chi connectivity index (χ0v) is 11.6. The van der Waals surface area contributed by atoms with Crippen LogP contribution in [-0.2, 0) is 14.1 Å². The van der Waals surface area contributed by atoms with Gasteiger partial charge in [-0.05, 0) is 12.1 Å². The predicted octanol–water partition coefficient (Wildman–Crippen LogP) is 1.28. The van der Waals surface area contributed by atoms with Gasteiger partial charge in [0.25, 0.3) is 5.56 Å². The number of benzene rings is 1. The Bertz CT molecular complexity index is 936. The number of hydrogen-bond acceptors (Lipinski definition) is 3. The van der Waals surface area contributed by atoms with Crippen molar-refractivity contribution in [1.82, 2.24) is 19.1 Å². The summed E-state index contributed by atoms with van der Waals surface area (Å²) in [6.45, 7) is 0. The maximum Gasteiger partial charge on any atom is 0.332 e. The van der Waals surface area contributed by atoms with Crippen LogP contribution in [0.1, 0.15) is 0 Å². The minimum atomic E-state index is -0.411. The number of imidazole rings is 1. The maximum absolute atomic E-state index is 12.1. The molecule has 20 heavy (non-hydrogen) atoms. The van der Waals surface area contributed by atoms with Crippen molar-refractivity contribution in [1.29, 1.82) is 0 Å². The first kappa shape index (κ1) is 12.7. The Kier molecular flexibility index (Phi) is 2.76. The molecular formula is C13H11ClN4O2. The molecule has 0 atom stereocenters. The van der Waals surface area contributed by atoms with Crippen molar-refractivity contribution in [3.05, 3.63) is 50.1 Å². The van der Waals surface area contributed by atoms with E-state index in [0.717, 1.165) is 10.1 Å². The highest BCUT2D eigenvalue weighted by molar-refractivity contribution is 6.30. The summed E-state index contributed by atoms with van der Waals surface area (Å²) in [5.74, 6) is 0.501. The molecular weight excluding hydrogens is 280 g/mol. The molecule has 0 unspecified atom stereocenters. The summed E-state index contributed by atoms with van der Waals surface area (Å²) >= 11 is 5.94. The van der Waals surface area contributed by atoms with E-state index in [2.05, 4.69) is 9.97 Å². The van der Waals surface area contributed by atoms with Gasteiger partial charge in [-0.3, -0.25) is 13.9 Å². The highest BCUT2D eigenvalue weighted by Gasteiger charge is 2.14. The molecule has 0 aliphatic carbocycles. The first-order valence-electron chi connectivity index (χ1n) is 5.90. The lowest BCUT2D eigenvalue weighted by atomic mass is 10.2. The minimum absolute atomic E-state index is 0.296. The number of nitrogens with one attached hydrogen (secondary N) is 1. The molecule has 0 saturated heterocycles. The molecule has 102 valence electrons. The summed E-state index contributed by atoms with van der Waals surface area (Å²) in [4.78, 5) is 31.2. The Morgan fingerprint density at radius 3 is 2.65 bits per heavy atom.